The Bertz CT molecular complexity index is 563. The number of pyridine rings is 1. The Balaban J connectivity index is 1.94. The fourth-order valence-corrected chi connectivity index (χ4v) is 2.23. The average molecular weight is 258 g/mol. The highest BCUT2D eigenvalue weighted by molar-refractivity contribution is 6.30. The van der Waals surface area contributed by atoms with E-state index in [1.54, 1.807) is 6.20 Å². The third kappa shape index (κ3) is 2.09. The van der Waals surface area contributed by atoms with Crippen LogP contribution in [0.15, 0.2) is 53.8 Å². The maximum Gasteiger partial charge on any atom is 0.0951 e. The molecule has 3 nitrogen and oxygen atoms in total. The average Bonchev–Trinajstić information content (AvgIpc) is 2.90. The second-order valence-corrected chi connectivity index (χ2v) is 4.62. The number of benzene rings is 1. The quantitative estimate of drug-likeness (QED) is 0.898. The predicted octanol–water partition coefficient (Wildman–Crippen LogP) is 2.83. The van der Waals surface area contributed by atoms with Gasteiger partial charge in [0, 0.05) is 18.7 Å². The van der Waals surface area contributed by atoms with Crippen molar-refractivity contribution in [1.29, 1.82) is 0 Å². The molecule has 3 rings (SSSR count). The van der Waals surface area contributed by atoms with Gasteiger partial charge in [0.15, 0.2) is 0 Å². The van der Waals surface area contributed by atoms with Gasteiger partial charge in [0.05, 0.1) is 16.4 Å². The zero-order valence-electron chi connectivity index (χ0n) is 9.68. The van der Waals surface area contributed by atoms with Gasteiger partial charge in [-0.3, -0.25) is 4.98 Å². The summed E-state index contributed by atoms with van der Waals surface area (Å²) in [5.74, 6) is 0.250. The molecule has 2 aromatic rings. The van der Waals surface area contributed by atoms with Gasteiger partial charge in [-0.25, -0.2) is 0 Å². The summed E-state index contributed by atoms with van der Waals surface area (Å²) in [6.07, 6.45) is 1.65. The van der Waals surface area contributed by atoms with Gasteiger partial charge in [-0.15, -0.1) is 0 Å². The van der Waals surface area contributed by atoms with Crippen molar-refractivity contribution in [1.82, 2.24) is 10.4 Å². The summed E-state index contributed by atoms with van der Waals surface area (Å²) in [6.45, 7) is 0.809. The first-order valence-corrected chi connectivity index (χ1v) is 6.20. The van der Waals surface area contributed by atoms with Crippen molar-refractivity contribution in [2.45, 2.75) is 5.92 Å². The van der Waals surface area contributed by atoms with Crippen LogP contribution in [-0.2, 0) is 0 Å². The summed E-state index contributed by atoms with van der Waals surface area (Å²) in [5.41, 5.74) is 6.14. The van der Waals surface area contributed by atoms with Crippen molar-refractivity contribution in [3.63, 3.8) is 0 Å². The lowest BCUT2D eigenvalue weighted by Crippen LogP contribution is -2.15. The maximum absolute atomic E-state index is 5.85. The first kappa shape index (κ1) is 11.2. The largest absolute Gasteiger partial charge is 0.309 e. The number of aromatic nitrogens is 1. The van der Waals surface area contributed by atoms with Gasteiger partial charge < -0.3 is 5.43 Å². The van der Waals surface area contributed by atoms with Gasteiger partial charge in [0.1, 0.15) is 0 Å². The van der Waals surface area contributed by atoms with Crippen LogP contribution in [0.4, 0.5) is 0 Å². The molecule has 0 amide bonds. The van der Waals surface area contributed by atoms with E-state index in [4.69, 9.17) is 11.6 Å². The molecule has 1 N–H and O–H groups in total. The molecule has 1 atom stereocenters. The molecule has 1 unspecified atom stereocenters. The highest BCUT2D eigenvalue weighted by atomic mass is 35.5. The van der Waals surface area contributed by atoms with Gasteiger partial charge >= 0.3 is 0 Å². The molecule has 1 aromatic carbocycles. The number of rotatable bonds is 2. The standard InChI is InChI=1S/C14H12ClN3/c15-11-6-7-13(16-8-11)14-12(9-17-18-14)10-4-2-1-3-5-10/h1-8,12,17H,9H2. The molecule has 0 saturated carbocycles. The monoisotopic (exact) mass is 257 g/mol. The Kier molecular flexibility index (Phi) is 2.99. The minimum atomic E-state index is 0.250. The number of hydrogen-bond donors (Lipinski definition) is 1. The first-order chi connectivity index (χ1) is 8.84. The van der Waals surface area contributed by atoms with E-state index >= 15 is 0 Å². The molecule has 18 heavy (non-hydrogen) atoms. The smallest absolute Gasteiger partial charge is 0.0951 e. The Hall–Kier alpha value is -1.87. The molecule has 1 aliphatic heterocycles. The van der Waals surface area contributed by atoms with Gasteiger partial charge in [-0.2, -0.15) is 5.10 Å². The summed E-state index contributed by atoms with van der Waals surface area (Å²) in [5, 5.41) is 4.99. The number of nitrogens with zero attached hydrogens (tertiary/aromatic N) is 2. The van der Waals surface area contributed by atoms with Gasteiger partial charge in [0.2, 0.25) is 0 Å². The molecular weight excluding hydrogens is 246 g/mol. The Labute approximate surface area is 111 Å². The lowest BCUT2D eigenvalue weighted by Gasteiger charge is -2.11. The predicted molar refractivity (Wildman–Crippen MR) is 73.0 cm³/mol. The normalized spacial score (nSPS) is 18.3. The van der Waals surface area contributed by atoms with E-state index in [0.29, 0.717) is 5.02 Å². The van der Waals surface area contributed by atoms with Crippen molar-refractivity contribution in [3.8, 4) is 0 Å². The van der Waals surface area contributed by atoms with E-state index in [9.17, 15) is 0 Å². The third-order valence-corrected chi connectivity index (χ3v) is 3.24. The second kappa shape index (κ2) is 4.78. The minimum absolute atomic E-state index is 0.250. The molecule has 0 aliphatic carbocycles. The Morgan fingerprint density at radius 1 is 1.11 bits per heavy atom. The van der Waals surface area contributed by atoms with Crippen LogP contribution in [0.2, 0.25) is 5.02 Å². The zero-order valence-corrected chi connectivity index (χ0v) is 10.4. The fourth-order valence-electron chi connectivity index (χ4n) is 2.12. The van der Waals surface area contributed by atoms with Gasteiger partial charge in [0.25, 0.3) is 0 Å². The van der Waals surface area contributed by atoms with E-state index in [1.807, 2.05) is 30.3 Å². The highest BCUT2D eigenvalue weighted by Gasteiger charge is 2.25. The summed E-state index contributed by atoms with van der Waals surface area (Å²) in [7, 11) is 0. The molecule has 0 fully saturated rings. The first-order valence-electron chi connectivity index (χ1n) is 5.82. The van der Waals surface area contributed by atoms with Crippen molar-refractivity contribution < 1.29 is 0 Å². The van der Waals surface area contributed by atoms with Crippen LogP contribution in [0.5, 0.6) is 0 Å². The molecule has 0 radical (unpaired) electrons. The number of nitrogens with one attached hydrogen (secondary N) is 1. The SMILES string of the molecule is Clc1ccc(C2=NNCC2c2ccccc2)nc1. The van der Waals surface area contributed by atoms with Crippen LogP contribution in [0.25, 0.3) is 0 Å². The van der Waals surface area contributed by atoms with Gasteiger partial charge in [-0.1, -0.05) is 41.9 Å². The molecule has 0 bridgehead atoms. The summed E-state index contributed by atoms with van der Waals surface area (Å²) < 4.78 is 0. The summed E-state index contributed by atoms with van der Waals surface area (Å²) in [4.78, 5) is 4.33. The third-order valence-electron chi connectivity index (χ3n) is 3.02. The van der Waals surface area contributed by atoms with E-state index in [2.05, 4.69) is 27.6 Å². The zero-order chi connectivity index (χ0) is 12.4. The Morgan fingerprint density at radius 2 is 1.94 bits per heavy atom. The number of hydrazone groups is 1. The van der Waals surface area contributed by atoms with Crippen molar-refractivity contribution >= 4 is 17.3 Å². The van der Waals surface area contributed by atoms with Crippen LogP contribution in [0.1, 0.15) is 17.2 Å². The van der Waals surface area contributed by atoms with Crippen LogP contribution >= 0.6 is 11.6 Å². The molecule has 1 aliphatic rings. The van der Waals surface area contributed by atoms with E-state index in [0.717, 1.165) is 18.0 Å². The molecule has 0 saturated heterocycles. The van der Waals surface area contributed by atoms with Crippen molar-refractivity contribution in [3.05, 3.63) is 64.9 Å². The molecule has 1 aromatic heterocycles. The van der Waals surface area contributed by atoms with E-state index in [-0.39, 0.29) is 5.92 Å². The summed E-state index contributed by atoms with van der Waals surface area (Å²) >= 11 is 5.85. The van der Waals surface area contributed by atoms with Crippen molar-refractivity contribution in [2.75, 3.05) is 6.54 Å². The lowest BCUT2D eigenvalue weighted by molar-refractivity contribution is 0.763. The van der Waals surface area contributed by atoms with E-state index < -0.39 is 0 Å². The molecule has 2 heterocycles. The number of hydrogen-bond acceptors (Lipinski definition) is 3. The maximum atomic E-state index is 5.85. The lowest BCUT2D eigenvalue weighted by atomic mass is 9.93. The van der Waals surface area contributed by atoms with Crippen LogP contribution < -0.4 is 5.43 Å². The minimum Gasteiger partial charge on any atom is -0.309 e. The molecule has 4 heteroatoms. The topological polar surface area (TPSA) is 37.3 Å². The van der Waals surface area contributed by atoms with Gasteiger partial charge in [-0.05, 0) is 17.7 Å². The van der Waals surface area contributed by atoms with E-state index in [1.165, 1.54) is 5.56 Å². The fraction of sp³-hybridized carbons (Fsp3) is 0.143. The van der Waals surface area contributed by atoms with Crippen LogP contribution in [0.3, 0.4) is 0 Å². The second-order valence-electron chi connectivity index (χ2n) is 4.18. The molecular formula is C14H12ClN3. The molecule has 0 spiro atoms. The summed E-state index contributed by atoms with van der Waals surface area (Å²) in [6, 6.07) is 14.1. The number of halogens is 1. The van der Waals surface area contributed by atoms with Crippen LogP contribution in [-0.4, -0.2) is 17.2 Å². The van der Waals surface area contributed by atoms with Crippen LogP contribution in [0, 0.1) is 0 Å². The Morgan fingerprint density at radius 3 is 2.67 bits per heavy atom. The molecule has 90 valence electrons. The van der Waals surface area contributed by atoms with Crippen molar-refractivity contribution in [2.24, 2.45) is 5.10 Å². The highest BCUT2D eigenvalue weighted by Crippen LogP contribution is 2.23.